The van der Waals surface area contributed by atoms with Gasteiger partial charge in [-0.2, -0.15) is 0 Å². The number of hydrogen-bond acceptors (Lipinski definition) is 3. The van der Waals surface area contributed by atoms with Crippen molar-refractivity contribution in [1.29, 1.82) is 0 Å². The number of carbonyl (C=O) groups excluding carboxylic acids is 2. The van der Waals surface area contributed by atoms with Gasteiger partial charge in [-0.15, -0.1) is 0 Å². The summed E-state index contributed by atoms with van der Waals surface area (Å²) < 4.78 is 4.95. The van der Waals surface area contributed by atoms with Gasteiger partial charge >= 0.3 is 0 Å². The summed E-state index contributed by atoms with van der Waals surface area (Å²) in [6, 6.07) is 3.46. The molecule has 1 N–H and O–H groups in total. The summed E-state index contributed by atoms with van der Waals surface area (Å²) in [6.45, 7) is 4.35. The Kier molecular flexibility index (Phi) is 5.42. The fraction of sp³-hybridized carbons (Fsp3) is 0.538. The van der Waals surface area contributed by atoms with Gasteiger partial charge in [-0.25, -0.2) is 0 Å². The molecule has 0 spiro atoms. The molecule has 1 aromatic heterocycles. The molecule has 0 aliphatic heterocycles. The van der Waals surface area contributed by atoms with E-state index < -0.39 is 0 Å². The van der Waals surface area contributed by atoms with Crippen LogP contribution < -0.4 is 5.32 Å². The number of furan rings is 1. The van der Waals surface area contributed by atoms with Gasteiger partial charge in [0.1, 0.15) is 0 Å². The lowest BCUT2D eigenvalue weighted by Gasteiger charge is -2.23. The van der Waals surface area contributed by atoms with E-state index in [2.05, 4.69) is 5.32 Å². The van der Waals surface area contributed by atoms with Crippen LogP contribution in [0.1, 0.15) is 37.2 Å². The van der Waals surface area contributed by atoms with E-state index in [0.29, 0.717) is 13.0 Å². The lowest BCUT2D eigenvalue weighted by Crippen LogP contribution is -2.37. The normalized spacial score (nSPS) is 11.9. The fourth-order valence-electron chi connectivity index (χ4n) is 1.47. The number of rotatable bonds is 6. The van der Waals surface area contributed by atoms with Crippen molar-refractivity contribution in [3.8, 4) is 0 Å². The summed E-state index contributed by atoms with van der Waals surface area (Å²) in [4.78, 5) is 25.0. The second kappa shape index (κ2) is 6.83. The molecule has 1 atom stereocenters. The topological polar surface area (TPSA) is 62.6 Å². The van der Waals surface area contributed by atoms with Gasteiger partial charge in [-0.1, -0.05) is 6.92 Å². The van der Waals surface area contributed by atoms with Crippen LogP contribution in [0.4, 0.5) is 0 Å². The molecule has 0 aliphatic rings. The number of nitrogens with one attached hydrogen (secondary N) is 1. The van der Waals surface area contributed by atoms with Crippen molar-refractivity contribution in [2.75, 3.05) is 13.6 Å². The van der Waals surface area contributed by atoms with Gasteiger partial charge in [-0.3, -0.25) is 9.59 Å². The van der Waals surface area contributed by atoms with Crippen LogP contribution in [0.25, 0.3) is 0 Å². The molecule has 0 fully saturated rings. The Balaban J connectivity index is 2.29. The Hall–Kier alpha value is -1.78. The average Bonchev–Trinajstić information content (AvgIpc) is 2.90. The minimum atomic E-state index is -0.293. The third-order valence-corrected chi connectivity index (χ3v) is 3.01. The first-order chi connectivity index (χ1) is 8.56. The number of carbonyl (C=O) groups is 2. The first-order valence-corrected chi connectivity index (χ1v) is 6.13. The Morgan fingerprint density at radius 3 is 2.78 bits per heavy atom. The maximum atomic E-state index is 11.8. The highest BCUT2D eigenvalue weighted by atomic mass is 16.3. The molecular formula is C13H20N2O3. The van der Waals surface area contributed by atoms with Crippen LogP contribution in [0.2, 0.25) is 0 Å². The maximum absolute atomic E-state index is 11.8. The second-order valence-electron chi connectivity index (χ2n) is 4.25. The van der Waals surface area contributed by atoms with Gasteiger partial charge in [0.15, 0.2) is 5.76 Å². The monoisotopic (exact) mass is 252 g/mol. The predicted octanol–water partition coefficient (Wildman–Crippen LogP) is 1.66. The zero-order valence-corrected chi connectivity index (χ0v) is 11.1. The molecule has 1 unspecified atom stereocenters. The van der Waals surface area contributed by atoms with Crippen molar-refractivity contribution in [2.45, 2.75) is 32.7 Å². The standard InChI is InChI=1S/C13H20N2O3/c1-4-10(2)15(3)12(16)7-8-14-13(17)11-6-5-9-18-11/h5-6,9-10H,4,7-8H2,1-3H3,(H,14,17). The molecule has 0 aromatic carbocycles. The Bertz CT molecular complexity index is 387. The van der Waals surface area contributed by atoms with Crippen LogP contribution >= 0.6 is 0 Å². The molecule has 1 rings (SSSR count). The maximum Gasteiger partial charge on any atom is 0.286 e. The van der Waals surface area contributed by atoms with E-state index in [9.17, 15) is 9.59 Å². The van der Waals surface area contributed by atoms with E-state index >= 15 is 0 Å². The second-order valence-corrected chi connectivity index (χ2v) is 4.25. The van der Waals surface area contributed by atoms with E-state index in [1.807, 2.05) is 13.8 Å². The molecule has 2 amide bonds. The SMILES string of the molecule is CCC(C)N(C)C(=O)CCNC(=O)c1ccco1. The quantitative estimate of drug-likeness (QED) is 0.837. The van der Waals surface area contributed by atoms with Crippen molar-refractivity contribution < 1.29 is 14.0 Å². The largest absolute Gasteiger partial charge is 0.459 e. The lowest BCUT2D eigenvalue weighted by molar-refractivity contribution is -0.131. The lowest BCUT2D eigenvalue weighted by atomic mass is 10.2. The third kappa shape index (κ3) is 3.91. The minimum absolute atomic E-state index is 0.0316. The number of amides is 2. The first-order valence-electron chi connectivity index (χ1n) is 6.13. The van der Waals surface area contributed by atoms with Crippen LogP contribution in [0.3, 0.4) is 0 Å². The third-order valence-electron chi connectivity index (χ3n) is 3.01. The van der Waals surface area contributed by atoms with Crippen LogP contribution in [-0.2, 0) is 4.79 Å². The molecule has 5 nitrogen and oxygen atoms in total. The van der Waals surface area contributed by atoms with Gasteiger partial charge in [0.05, 0.1) is 6.26 Å². The molecule has 1 aromatic rings. The number of nitrogens with zero attached hydrogens (tertiary/aromatic N) is 1. The summed E-state index contributed by atoms with van der Waals surface area (Å²) in [6.07, 6.45) is 2.66. The summed E-state index contributed by atoms with van der Waals surface area (Å²) in [5, 5.41) is 2.65. The van der Waals surface area contributed by atoms with E-state index in [1.54, 1.807) is 24.1 Å². The van der Waals surface area contributed by atoms with E-state index in [-0.39, 0.29) is 23.6 Å². The average molecular weight is 252 g/mol. The summed E-state index contributed by atoms with van der Waals surface area (Å²) in [5.41, 5.74) is 0. The van der Waals surface area contributed by atoms with Crippen molar-refractivity contribution in [3.05, 3.63) is 24.2 Å². The summed E-state index contributed by atoms with van der Waals surface area (Å²) >= 11 is 0. The highest BCUT2D eigenvalue weighted by Gasteiger charge is 2.14. The molecule has 5 heteroatoms. The molecule has 18 heavy (non-hydrogen) atoms. The highest BCUT2D eigenvalue weighted by molar-refractivity contribution is 5.91. The molecule has 0 saturated carbocycles. The van der Waals surface area contributed by atoms with Crippen molar-refractivity contribution in [1.82, 2.24) is 10.2 Å². The zero-order valence-electron chi connectivity index (χ0n) is 11.1. The summed E-state index contributed by atoms with van der Waals surface area (Å²) in [5.74, 6) is 0.000757. The molecule has 0 bridgehead atoms. The summed E-state index contributed by atoms with van der Waals surface area (Å²) in [7, 11) is 1.78. The molecule has 100 valence electrons. The van der Waals surface area contributed by atoms with Crippen molar-refractivity contribution >= 4 is 11.8 Å². The molecule has 0 aliphatic carbocycles. The van der Waals surface area contributed by atoms with E-state index in [4.69, 9.17) is 4.42 Å². The molecule has 0 radical (unpaired) electrons. The van der Waals surface area contributed by atoms with Gasteiger partial charge < -0.3 is 14.6 Å². The van der Waals surface area contributed by atoms with E-state index in [0.717, 1.165) is 6.42 Å². The molecule has 0 saturated heterocycles. The Labute approximate surface area is 107 Å². The Morgan fingerprint density at radius 1 is 1.50 bits per heavy atom. The number of hydrogen-bond donors (Lipinski definition) is 1. The van der Waals surface area contributed by atoms with Gasteiger partial charge in [0, 0.05) is 26.1 Å². The highest BCUT2D eigenvalue weighted by Crippen LogP contribution is 2.03. The predicted molar refractivity (Wildman–Crippen MR) is 68.2 cm³/mol. The van der Waals surface area contributed by atoms with Gasteiger partial charge in [-0.05, 0) is 25.5 Å². The molecular weight excluding hydrogens is 232 g/mol. The first kappa shape index (κ1) is 14.3. The van der Waals surface area contributed by atoms with Crippen molar-refractivity contribution in [3.63, 3.8) is 0 Å². The molecule has 1 heterocycles. The van der Waals surface area contributed by atoms with Crippen LogP contribution in [0.15, 0.2) is 22.8 Å². The fourth-order valence-corrected chi connectivity index (χ4v) is 1.47. The van der Waals surface area contributed by atoms with Gasteiger partial charge in [0.2, 0.25) is 5.91 Å². The van der Waals surface area contributed by atoms with Crippen molar-refractivity contribution in [2.24, 2.45) is 0 Å². The van der Waals surface area contributed by atoms with E-state index in [1.165, 1.54) is 6.26 Å². The van der Waals surface area contributed by atoms with Crippen LogP contribution in [-0.4, -0.2) is 36.3 Å². The zero-order chi connectivity index (χ0) is 13.5. The van der Waals surface area contributed by atoms with Crippen LogP contribution in [0, 0.1) is 0 Å². The van der Waals surface area contributed by atoms with Crippen LogP contribution in [0.5, 0.6) is 0 Å². The van der Waals surface area contributed by atoms with Gasteiger partial charge in [0.25, 0.3) is 5.91 Å². The smallest absolute Gasteiger partial charge is 0.286 e. The Morgan fingerprint density at radius 2 is 2.22 bits per heavy atom. The minimum Gasteiger partial charge on any atom is -0.459 e.